The van der Waals surface area contributed by atoms with Gasteiger partial charge in [-0.15, -0.1) is 11.6 Å². The Morgan fingerprint density at radius 1 is 1.23 bits per heavy atom. The van der Waals surface area contributed by atoms with Gasteiger partial charge in [0, 0.05) is 18.2 Å². The monoisotopic (exact) mass is 221 g/mol. The Labute approximate surface area is 91.1 Å². The number of halogens is 1. The molecule has 1 nitrogen and oxygen atoms in total. The Bertz CT molecular complexity index is 115. The molecule has 0 radical (unpaired) electrons. The lowest BCUT2D eigenvalue weighted by atomic mass is 9.91. The minimum Gasteiger partial charge on any atom is -0.264 e. The van der Waals surface area contributed by atoms with Crippen molar-refractivity contribution in [3.63, 3.8) is 0 Å². The second-order valence-corrected chi connectivity index (χ2v) is 5.04. The van der Waals surface area contributed by atoms with E-state index in [2.05, 4.69) is 4.72 Å². The molecule has 0 aliphatic heterocycles. The molecule has 1 fully saturated rings. The zero-order chi connectivity index (χ0) is 9.36. The summed E-state index contributed by atoms with van der Waals surface area (Å²) in [5, 5.41) is 0. The van der Waals surface area contributed by atoms with Gasteiger partial charge in [0.2, 0.25) is 0 Å². The summed E-state index contributed by atoms with van der Waals surface area (Å²) in [4.78, 5) is 0. The Balaban J connectivity index is 1.86. The molecule has 1 N–H and O–H groups in total. The lowest BCUT2D eigenvalue weighted by molar-refractivity contribution is 0.390. The van der Waals surface area contributed by atoms with Gasteiger partial charge in [-0.2, -0.15) is 0 Å². The van der Waals surface area contributed by atoms with Crippen LogP contribution >= 0.6 is 23.5 Å². The van der Waals surface area contributed by atoms with Crippen LogP contribution in [0.3, 0.4) is 0 Å². The number of nitrogens with one attached hydrogen (secondary N) is 1. The first kappa shape index (κ1) is 11.7. The van der Waals surface area contributed by atoms with Crippen molar-refractivity contribution in [2.75, 3.05) is 18.2 Å². The second-order valence-electron chi connectivity index (χ2n) is 3.75. The Morgan fingerprint density at radius 3 is 2.69 bits per heavy atom. The number of rotatable bonds is 6. The van der Waals surface area contributed by atoms with Gasteiger partial charge in [0.1, 0.15) is 0 Å². The Hall–Kier alpha value is 0.600. The summed E-state index contributed by atoms with van der Waals surface area (Å²) in [6.07, 6.45) is 8.34. The maximum absolute atomic E-state index is 5.58. The maximum Gasteiger partial charge on any atom is 0.0235 e. The maximum atomic E-state index is 5.58. The largest absolute Gasteiger partial charge is 0.264 e. The van der Waals surface area contributed by atoms with E-state index >= 15 is 0 Å². The van der Waals surface area contributed by atoms with Gasteiger partial charge < -0.3 is 0 Å². The van der Waals surface area contributed by atoms with Crippen molar-refractivity contribution in [2.45, 2.75) is 38.5 Å². The first-order valence-corrected chi connectivity index (χ1v) is 6.86. The molecule has 1 aliphatic carbocycles. The molecule has 0 aromatic heterocycles. The van der Waals surface area contributed by atoms with E-state index in [1.807, 2.05) is 11.9 Å². The van der Waals surface area contributed by atoms with Crippen LogP contribution in [0.1, 0.15) is 38.5 Å². The minimum absolute atomic E-state index is 0.775. The molecule has 0 unspecified atom stereocenters. The van der Waals surface area contributed by atoms with Crippen molar-refractivity contribution in [3.8, 4) is 0 Å². The highest BCUT2D eigenvalue weighted by Gasteiger charge is 2.12. The Morgan fingerprint density at radius 2 is 2.00 bits per heavy atom. The lowest BCUT2D eigenvalue weighted by Gasteiger charge is -2.20. The standard InChI is InChI=1S/C10H20ClNS/c11-7-4-8-12-13-9-10-5-2-1-3-6-10/h10,12H,1-9H2. The average molecular weight is 222 g/mol. The first-order valence-electron chi connectivity index (χ1n) is 5.34. The van der Waals surface area contributed by atoms with Crippen LogP contribution < -0.4 is 4.72 Å². The zero-order valence-electron chi connectivity index (χ0n) is 8.23. The fourth-order valence-electron chi connectivity index (χ4n) is 1.74. The van der Waals surface area contributed by atoms with Crippen molar-refractivity contribution in [1.82, 2.24) is 4.72 Å². The summed E-state index contributed by atoms with van der Waals surface area (Å²) in [5.41, 5.74) is 0. The smallest absolute Gasteiger partial charge is 0.0235 e. The highest BCUT2D eigenvalue weighted by molar-refractivity contribution is 7.97. The first-order chi connectivity index (χ1) is 6.43. The predicted octanol–water partition coefficient (Wildman–Crippen LogP) is 3.43. The van der Waals surface area contributed by atoms with Crippen molar-refractivity contribution >= 4 is 23.5 Å². The second kappa shape index (κ2) is 7.95. The molecular weight excluding hydrogens is 202 g/mol. The number of alkyl halides is 1. The molecular formula is C10H20ClNS. The van der Waals surface area contributed by atoms with E-state index < -0.39 is 0 Å². The molecule has 0 saturated heterocycles. The molecule has 0 atom stereocenters. The van der Waals surface area contributed by atoms with Gasteiger partial charge in [-0.25, -0.2) is 0 Å². The average Bonchev–Trinajstić information content (AvgIpc) is 2.19. The quantitative estimate of drug-likeness (QED) is 0.419. The molecule has 13 heavy (non-hydrogen) atoms. The minimum atomic E-state index is 0.775. The van der Waals surface area contributed by atoms with E-state index in [0.29, 0.717) is 0 Å². The SMILES string of the molecule is ClCCCNSCC1CCCCC1. The molecule has 0 aromatic carbocycles. The van der Waals surface area contributed by atoms with Crippen molar-refractivity contribution < 1.29 is 0 Å². The summed E-state index contributed by atoms with van der Waals surface area (Å²) in [6, 6.07) is 0. The summed E-state index contributed by atoms with van der Waals surface area (Å²) in [5.74, 6) is 3.04. The number of hydrogen-bond acceptors (Lipinski definition) is 2. The Kier molecular flexibility index (Phi) is 7.14. The van der Waals surface area contributed by atoms with Crippen LogP contribution in [0.15, 0.2) is 0 Å². The summed E-state index contributed by atoms with van der Waals surface area (Å²) < 4.78 is 3.37. The van der Waals surface area contributed by atoms with E-state index in [4.69, 9.17) is 11.6 Å². The molecule has 0 aromatic rings. The van der Waals surface area contributed by atoms with Crippen molar-refractivity contribution in [2.24, 2.45) is 5.92 Å². The topological polar surface area (TPSA) is 12.0 Å². The molecule has 1 aliphatic rings. The molecule has 1 rings (SSSR count). The third-order valence-corrected chi connectivity index (χ3v) is 3.87. The summed E-state index contributed by atoms with van der Waals surface area (Å²) in [6.45, 7) is 1.06. The van der Waals surface area contributed by atoms with Crippen LogP contribution in [0, 0.1) is 5.92 Å². The van der Waals surface area contributed by atoms with E-state index in [1.54, 1.807) is 0 Å². The highest BCUT2D eigenvalue weighted by atomic mass is 35.5. The molecule has 0 bridgehead atoms. The molecule has 1 saturated carbocycles. The van der Waals surface area contributed by atoms with Crippen LogP contribution in [0.2, 0.25) is 0 Å². The van der Waals surface area contributed by atoms with Crippen LogP contribution in [0.5, 0.6) is 0 Å². The van der Waals surface area contributed by atoms with E-state index in [0.717, 1.165) is 24.8 Å². The van der Waals surface area contributed by atoms with Gasteiger partial charge in [0.25, 0.3) is 0 Å². The lowest BCUT2D eigenvalue weighted by Crippen LogP contribution is -2.14. The molecule has 78 valence electrons. The summed E-state index contributed by atoms with van der Waals surface area (Å²) in [7, 11) is 0. The molecule has 0 spiro atoms. The normalized spacial score (nSPS) is 19.2. The van der Waals surface area contributed by atoms with Crippen molar-refractivity contribution in [1.29, 1.82) is 0 Å². The molecule has 3 heteroatoms. The molecule has 0 heterocycles. The van der Waals surface area contributed by atoms with E-state index in [1.165, 1.54) is 37.9 Å². The summed E-state index contributed by atoms with van der Waals surface area (Å²) >= 11 is 7.47. The van der Waals surface area contributed by atoms with Crippen LogP contribution in [0.25, 0.3) is 0 Å². The highest BCUT2D eigenvalue weighted by Crippen LogP contribution is 2.25. The van der Waals surface area contributed by atoms with Crippen LogP contribution in [-0.4, -0.2) is 18.2 Å². The van der Waals surface area contributed by atoms with Gasteiger partial charge in [-0.1, -0.05) is 31.2 Å². The van der Waals surface area contributed by atoms with Crippen LogP contribution in [-0.2, 0) is 0 Å². The fourth-order valence-corrected chi connectivity index (χ4v) is 2.85. The van der Waals surface area contributed by atoms with Gasteiger partial charge in [0.05, 0.1) is 0 Å². The van der Waals surface area contributed by atoms with E-state index in [9.17, 15) is 0 Å². The van der Waals surface area contributed by atoms with E-state index in [-0.39, 0.29) is 0 Å². The zero-order valence-corrected chi connectivity index (χ0v) is 9.80. The van der Waals surface area contributed by atoms with Gasteiger partial charge in [-0.05, 0) is 25.2 Å². The number of hydrogen-bond donors (Lipinski definition) is 1. The fraction of sp³-hybridized carbons (Fsp3) is 1.00. The third kappa shape index (κ3) is 5.82. The third-order valence-electron chi connectivity index (χ3n) is 2.56. The van der Waals surface area contributed by atoms with Gasteiger partial charge in [-0.3, -0.25) is 4.72 Å². The predicted molar refractivity (Wildman–Crippen MR) is 62.4 cm³/mol. The van der Waals surface area contributed by atoms with Crippen LogP contribution in [0.4, 0.5) is 0 Å². The van der Waals surface area contributed by atoms with Gasteiger partial charge >= 0.3 is 0 Å². The van der Waals surface area contributed by atoms with Gasteiger partial charge in [0.15, 0.2) is 0 Å². The van der Waals surface area contributed by atoms with Crippen molar-refractivity contribution in [3.05, 3.63) is 0 Å². The molecule has 0 amide bonds.